The average Bonchev–Trinajstić information content (AvgIpc) is 2.84. The standard InChI is InChI=1S/C17H24N2S/c1-18-15-10-4-2-3-5-11-16(15)20-17-12-13-8-6-7-9-14(13)19-17/h6-9,12,15-16,18-19H,2-5,10-11H2,1H3. The summed E-state index contributed by atoms with van der Waals surface area (Å²) in [5.74, 6) is 0. The summed E-state index contributed by atoms with van der Waals surface area (Å²) in [6.07, 6.45) is 8.19. The maximum Gasteiger partial charge on any atom is 0.0735 e. The Bertz CT molecular complexity index is 516. The summed E-state index contributed by atoms with van der Waals surface area (Å²) in [6, 6.07) is 11.5. The molecule has 1 saturated carbocycles. The topological polar surface area (TPSA) is 27.8 Å². The second-order valence-corrected chi connectivity index (χ2v) is 7.04. The molecule has 2 nitrogen and oxygen atoms in total. The largest absolute Gasteiger partial charge is 0.350 e. The van der Waals surface area contributed by atoms with Crippen molar-refractivity contribution in [2.75, 3.05) is 7.05 Å². The molecule has 0 spiro atoms. The van der Waals surface area contributed by atoms with Gasteiger partial charge < -0.3 is 10.3 Å². The van der Waals surface area contributed by atoms with Crippen LogP contribution < -0.4 is 5.32 Å². The number of H-pyrrole nitrogens is 1. The molecule has 20 heavy (non-hydrogen) atoms. The maximum absolute atomic E-state index is 3.56. The van der Waals surface area contributed by atoms with Crippen molar-refractivity contribution in [1.82, 2.24) is 10.3 Å². The minimum Gasteiger partial charge on any atom is -0.350 e. The smallest absolute Gasteiger partial charge is 0.0735 e. The Morgan fingerprint density at radius 2 is 1.90 bits per heavy atom. The molecule has 1 heterocycles. The Kier molecular flexibility index (Phi) is 4.69. The van der Waals surface area contributed by atoms with Crippen LogP contribution in [0.2, 0.25) is 0 Å². The Balaban J connectivity index is 1.76. The monoisotopic (exact) mass is 288 g/mol. The number of aromatic nitrogens is 1. The van der Waals surface area contributed by atoms with Crippen LogP contribution in [0, 0.1) is 0 Å². The lowest BCUT2D eigenvalue weighted by molar-refractivity contribution is 0.420. The highest BCUT2D eigenvalue weighted by Gasteiger charge is 2.22. The normalized spacial score (nSPS) is 24.4. The van der Waals surface area contributed by atoms with Gasteiger partial charge in [0.05, 0.1) is 5.03 Å². The first-order valence-corrected chi connectivity index (χ1v) is 8.66. The lowest BCUT2D eigenvalue weighted by Gasteiger charge is -2.28. The van der Waals surface area contributed by atoms with Crippen molar-refractivity contribution in [2.24, 2.45) is 0 Å². The lowest BCUT2D eigenvalue weighted by Crippen LogP contribution is -2.36. The van der Waals surface area contributed by atoms with Crippen LogP contribution in [0.3, 0.4) is 0 Å². The van der Waals surface area contributed by atoms with Crippen molar-refractivity contribution in [2.45, 2.75) is 54.8 Å². The molecule has 2 N–H and O–H groups in total. The van der Waals surface area contributed by atoms with E-state index in [1.165, 1.54) is 54.5 Å². The molecule has 0 saturated heterocycles. The minimum atomic E-state index is 0.645. The number of para-hydroxylation sites is 1. The number of thioether (sulfide) groups is 1. The molecule has 2 aromatic rings. The number of nitrogens with one attached hydrogen (secondary N) is 2. The molecule has 0 radical (unpaired) electrons. The van der Waals surface area contributed by atoms with E-state index in [4.69, 9.17) is 0 Å². The van der Waals surface area contributed by atoms with Gasteiger partial charge in [-0.15, -0.1) is 11.8 Å². The van der Waals surface area contributed by atoms with Crippen molar-refractivity contribution in [1.29, 1.82) is 0 Å². The molecule has 0 aliphatic heterocycles. The van der Waals surface area contributed by atoms with Crippen molar-refractivity contribution in [3.63, 3.8) is 0 Å². The Morgan fingerprint density at radius 3 is 2.70 bits per heavy atom. The first kappa shape index (κ1) is 14.0. The van der Waals surface area contributed by atoms with Crippen LogP contribution >= 0.6 is 11.8 Å². The molecule has 2 unspecified atom stereocenters. The summed E-state index contributed by atoms with van der Waals surface area (Å²) in [4.78, 5) is 3.56. The van der Waals surface area contributed by atoms with Gasteiger partial charge >= 0.3 is 0 Å². The highest BCUT2D eigenvalue weighted by atomic mass is 32.2. The zero-order valence-electron chi connectivity index (χ0n) is 12.2. The van der Waals surface area contributed by atoms with Gasteiger partial charge in [0.1, 0.15) is 0 Å². The quantitative estimate of drug-likeness (QED) is 0.866. The minimum absolute atomic E-state index is 0.645. The number of rotatable bonds is 3. The van der Waals surface area contributed by atoms with Crippen LogP contribution in [-0.2, 0) is 0 Å². The molecule has 1 aromatic heterocycles. The molecule has 1 aliphatic carbocycles. The van der Waals surface area contributed by atoms with Gasteiger partial charge in [-0.2, -0.15) is 0 Å². The van der Waals surface area contributed by atoms with E-state index >= 15 is 0 Å². The van der Waals surface area contributed by atoms with E-state index in [9.17, 15) is 0 Å². The summed E-state index contributed by atoms with van der Waals surface area (Å²) in [5.41, 5.74) is 1.25. The van der Waals surface area contributed by atoms with E-state index in [0.29, 0.717) is 11.3 Å². The Morgan fingerprint density at radius 1 is 1.10 bits per heavy atom. The molecule has 1 fully saturated rings. The average molecular weight is 288 g/mol. The van der Waals surface area contributed by atoms with Crippen LogP contribution in [0.25, 0.3) is 10.9 Å². The Hall–Kier alpha value is -0.930. The van der Waals surface area contributed by atoms with Gasteiger partial charge in [0.15, 0.2) is 0 Å². The molecule has 3 heteroatoms. The highest BCUT2D eigenvalue weighted by Crippen LogP contribution is 2.33. The van der Waals surface area contributed by atoms with E-state index in [1.807, 2.05) is 11.8 Å². The van der Waals surface area contributed by atoms with E-state index in [0.717, 1.165) is 0 Å². The van der Waals surface area contributed by atoms with Crippen molar-refractivity contribution in [3.8, 4) is 0 Å². The van der Waals surface area contributed by atoms with Gasteiger partial charge in [0.2, 0.25) is 0 Å². The summed E-state index contributed by atoms with van der Waals surface area (Å²) in [5, 5.41) is 6.87. The maximum atomic E-state index is 3.56. The van der Waals surface area contributed by atoms with Crippen LogP contribution in [0.4, 0.5) is 0 Å². The van der Waals surface area contributed by atoms with Gasteiger partial charge in [-0.3, -0.25) is 0 Å². The predicted octanol–water partition coefficient (Wildman–Crippen LogP) is 4.57. The third-order valence-corrected chi connectivity index (χ3v) is 5.70. The van der Waals surface area contributed by atoms with Gasteiger partial charge in [-0.1, -0.05) is 43.9 Å². The van der Waals surface area contributed by atoms with E-state index in [-0.39, 0.29) is 0 Å². The van der Waals surface area contributed by atoms with E-state index in [1.54, 1.807) is 0 Å². The number of aromatic amines is 1. The second kappa shape index (κ2) is 6.68. The molecule has 2 atom stereocenters. The van der Waals surface area contributed by atoms with Gasteiger partial charge in [-0.25, -0.2) is 0 Å². The van der Waals surface area contributed by atoms with E-state index in [2.05, 4.69) is 47.7 Å². The van der Waals surface area contributed by atoms with Gasteiger partial charge in [0.25, 0.3) is 0 Å². The fourth-order valence-corrected chi connectivity index (χ4v) is 4.61. The molecule has 108 valence electrons. The highest BCUT2D eigenvalue weighted by molar-refractivity contribution is 7.99. The van der Waals surface area contributed by atoms with E-state index < -0.39 is 0 Å². The number of benzene rings is 1. The lowest BCUT2D eigenvalue weighted by atomic mass is 9.96. The molecular weight excluding hydrogens is 264 g/mol. The Labute approximate surface area is 125 Å². The first-order chi connectivity index (χ1) is 9.86. The molecular formula is C17H24N2S. The number of hydrogen-bond donors (Lipinski definition) is 2. The zero-order valence-corrected chi connectivity index (χ0v) is 13.0. The number of hydrogen-bond acceptors (Lipinski definition) is 2. The van der Waals surface area contributed by atoms with Crippen molar-refractivity contribution in [3.05, 3.63) is 30.3 Å². The summed E-state index contributed by atoms with van der Waals surface area (Å²) < 4.78 is 0. The molecule has 1 aromatic carbocycles. The molecule has 3 rings (SSSR count). The third-order valence-electron chi connectivity index (χ3n) is 4.36. The fourth-order valence-electron chi connectivity index (χ4n) is 3.20. The zero-order chi connectivity index (χ0) is 13.8. The van der Waals surface area contributed by atoms with Gasteiger partial charge in [0, 0.05) is 22.2 Å². The predicted molar refractivity (Wildman–Crippen MR) is 88.5 cm³/mol. The molecule has 0 bridgehead atoms. The summed E-state index contributed by atoms with van der Waals surface area (Å²) >= 11 is 2.03. The third kappa shape index (κ3) is 3.21. The van der Waals surface area contributed by atoms with Crippen LogP contribution in [0.15, 0.2) is 35.4 Å². The second-order valence-electron chi connectivity index (χ2n) is 5.76. The van der Waals surface area contributed by atoms with Gasteiger partial charge in [-0.05, 0) is 32.0 Å². The van der Waals surface area contributed by atoms with Crippen molar-refractivity contribution < 1.29 is 0 Å². The summed E-state index contributed by atoms with van der Waals surface area (Å²) in [7, 11) is 2.12. The SMILES string of the molecule is CNC1CCCCCCC1Sc1cc2ccccc2[nH]1. The van der Waals surface area contributed by atoms with Crippen LogP contribution in [0.5, 0.6) is 0 Å². The number of fused-ring (bicyclic) bond motifs is 1. The fraction of sp³-hybridized carbons (Fsp3) is 0.529. The molecule has 0 amide bonds. The first-order valence-electron chi connectivity index (χ1n) is 7.78. The van der Waals surface area contributed by atoms with Crippen LogP contribution in [-0.4, -0.2) is 23.3 Å². The molecule has 1 aliphatic rings. The van der Waals surface area contributed by atoms with Crippen LogP contribution in [0.1, 0.15) is 38.5 Å². The van der Waals surface area contributed by atoms with Crippen molar-refractivity contribution >= 4 is 22.7 Å². The summed E-state index contributed by atoms with van der Waals surface area (Å²) in [6.45, 7) is 0.